The lowest BCUT2D eigenvalue weighted by Gasteiger charge is -2.33. The van der Waals surface area contributed by atoms with Crippen LogP contribution < -0.4 is 10.6 Å². The van der Waals surface area contributed by atoms with Crippen molar-refractivity contribution in [2.24, 2.45) is 0 Å². The first-order valence-corrected chi connectivity index (χ1v) is 10.2. The fourth-order valence-corrected chi connectivity index (χ4v) is 3.99. The summed E-state index contributed by atoms with van der Waals surface area (Å²) in [7, 11) is 0. The molecule has 0 saturated carbocycles. The van der Waals surface area contributed by atoms with Gasteiger partial charge in [0.15, 0.2) is 11.7 Å². The lowest BCUT2D eigenvalue weighted by atomic mass is 9.97. The van der Waals surface area contributed by atoms with E-state index in [0.29, 0.717) is 5.56 Å². The lowest BCUT2D eigenvalue weighted by molar-refractivity contribution is -0.173. The molecule has 1 aromatic heterocycles. The summed E-state index contributed by atoms with van der Waals surface area (Å²) in [5, 5.41) is 9.61. The molecule has 0 fully saturated rings. The molecule has 3 atom stereocenters. The molecule has 1 amide bonds. The highest BCUT2D eigenvalue weighted by atomic mass is 35.5. The van der Waals surface area contributed by atoms with E-state index >= 15 is 0 Å². The van der Waals surface area contributed by atoms with Crippen molar-refractivity contribution in [3.8, 4) is 0 Å². The maximum Gasteiger partial charge on any atom is 0.410 e. The molecule has 0 spiro atoms. The molecule has 2 N–H and O–H groups in total. The van der Waals surface area contributed by atoms with Crippen molar-refractivity contribution < 1.29 is 18.0 Å². The number of fused-ring (bicyclic) bond motifs is 1. The zero-order valence-electron chi connectivity index (χ0n) is 16.5. The number of amides is 1. The van der Waals surface area contributed by atoms with Gasteiger partial charge >= 0.3 is 6.18 Å². The van der Waals surface area contributed by atoms with E-state index in [0.717, 1.165) is 10.2 Å². The van der Waals surface area contributed by atoms with Crippen LogP contribution in [-0.4, -0.2) is 21.9 Å². The molecule has 1 aliphatic rings. The number of hydrogen-bond donors (Lipinski definition) is 2. The van der Waals surface area contributed by atoms with Crippen LogP contribution >= 0.6 is 11.6 Å². The van der Waals surface area contributed by atoms with Crippen molar-refractivity contribution in [1.29, 1.82) is 0 Å². The number of hydrogen-bond acceptors (Lipinski definition) is 3. The predicted octanol–water partition coefficient (Wildman–Crippen LogP) is 5.69. The first-order valence-electron chi connectivity index (χ1n) is 9.77. The number of nitrogens with one attached hydrogen (secondary N) is 2. The van der Waals surface area contributed by atoms with Gasteiger partial charge in [0.2, 0.25) is 0 Å². The highest BCUT2D eigenvalue weighted by Crippen LogP contribution is 2.46. The Kier molecular flexibility index (Phi) is 5.66. The number of halogens is 4. The van der Waals surface area contributed by atoms with Gasteiger partial charge in [-0.25, -0.2) is 4.68 Å². The van der Waals surface area contributed by atoms with Crippen LogP contribution in [0.4, 0.5) is 19.0 Å². The van der Waals surface area contributed by atoms with E-state index in [1.807, 2.05) is 30.3 Å². The van der Waals surface area contributed by atoms with Gasteiger partial charge < -0.3 is 10.6 Å². The molecule has 162 valence electrons. The van der Waals surface area contributed by atoms with Crippen molar-refractivity contribution in [1.82, 2.24) is 15.1 Å². The summed E-state index contributed by atoms with van der Waals surface area (Å²) in [6, 6.07) is 15.1. The number of rotatable bonds is 4. The largest absolute Gasteiger partial charge is 0.410 e. The highest BCUT2D eigenvalue weighted by molar-refractivity contribution is 6.36. The Morgan fingerprint density at radius 1 is 1.16 bits per heavy atom. The Hall–Kier alpha value is -3.00. The number of alkyl halides is 3. The third kappa shape index (κ3) is 4.25. The van der Waals surface area contributed by atoms with Crippen LogP contribution in [0.1, 0.15) is 53.1 Å². The average Bonchev–Trinajstić information content (AvgIpc) is 3.10. The van der Waals surface area contributed by atoms with Crippen LogP contribution in [0.2, 0.25) is 5.02 Å². The minimum absolute atomic E-state index is 0.0124. The molecule has 0 aliphatic carbocycles. The van der Waals surface area contributed by atoms with Gasteiger partial charge in [-0.15, -0.1) is 0 Å². The minimum atomic E-state index is -4.55. The van der Waals surface area contributed by atoms with E-state index in [9.17, 15) is 18.0 Å². The molecule has 31 heavy (non-hydrogen) atoms. The van der Waals surface area contributed by atoms with Crippen LogP contribution in [0.25, 0.3) is 0 Å². The van der Waals surface area contributed by atoms with Crippen molar-refractivity contribution in [3.63, 3.8) is 0 Å². The second kappa shape index (κ2) is 8.26. The van der Waals surface area contributed by atoms with Gasteiger partial charge in [-0.2, -0.15) is 18.3 Å². The van der Waals surface area contributed by atoms with E-state index in [1.165, 1.54) is 0 Å². The van der Waals surface area contributed by atoms with Gasteiger partial charge in [-0.05, 0) is 18.1 Å². The van der Waals surface area contributed by atoms with Crippen LogP contribution in [0.5, 0.6) is 0 Å². The summed E-state index contributed by atoms with van der Waals surface area (Å²) in [4.78, 5) is 12.8. The van der Waals surface area contributed by atoms with Gasteiger partial charge in [0.25, 0.3) is 5.91 Å². The van der Waals surface area contributed by atoms with Crippen molar-refractivity contribution in [3.05, 3.63) is 82.5 Å². The monoisotopic (exact) mass is 448 g/mol. The Morgan fingerprint density at radius 3 is 2.39 bits per heavy atom. The van der Waals surface area contributed by atoms with Gasteiger partial charge in [-0.1, -0.05) is 72.3 Å². The van der Waals surface area contributed by atoms with Crippen LogP contribution in [0, 0.1) is 0 Å². The molecule has 1 aliphatic heterocycles. The standard InChI is InChI=1S/C22H20ClF3N4O/c1-13(14-8-4-2-5-9-14)27-21(31)19-18(23)20-28-16(15-10-6-3-7-11-15)12-17(22(24,25)26)30(20)29-19/h2-11,13,16-17,28H,12H2,1H3,(H,27,31)/t13-,16-,17-/m1/s1. The highest BCUT2D eigenvalue weighted by Gasteiger charge is 2.47. The van der Waals surface area contributed by atoms with Gasteiger partial charge in [0.05, 0.1) is 12.1 Å². The molecule has 2 heterocycles. The average molecular weight is 449 g/mol. The van der Waals surface area contributed by atoms with Crippen molar-refractivity contribution in [2.75, 3.05) is 5.32 Å². The van der Waals surface area contributed by atoms with Crippen molar-refractivity contribution >= 4 is 23.3 Å². The molecule has 0 unspecified atom stereocenters. The molecule has 0 bridgehead atoms. The van der Waals surface area contributed by atoms with E-state index in [4.69, 9.17) is 11.6 Å². The van der Waals surface area contributed by atoms with E-state index < -0.39 is 24.2 Å². The maximum absolute atomic E-state index is 13.9. The summed E-state index contributed by atoms with van der Waals surface area (Å²) in [6.45, 7) is 1.78. The first kappa shape index (κ1) is 21.2. The van der Waals surface area contributed by atoms with Gasteiger partial charge in [0, 0.05) is 6.42 Å². The Labute approximate surface area is 182 Å². The summed E-state index contributed by atoms with van der Waals surface area (Å²) >= 11 is 6.36. The second-order valence-electron chi connectivity index (χ2n) is 7.46. The predicted molar refractivity (Wildman–Crippen MR) is 112 cm³/mol. The smallest absolute Gasteiger partial charge is 0.362 e. The number of carbonyl (C=O) groups is 1. The van der Waals surface area contributed by atoms with Crippen LogP contribution in [0.15, 0.2) is 60.7 Å². The number of anilines is 1. The quantitative estimate of drug-likeness (QED) is 0.539. The molecule has 3 aromatic rings. The molecule has 0 radical (unpaired) electrons. The molecule has 4 rings (SSSR count). The summed E-state index contributed by atoms with van der Waals surface area (Å²) in [5.41, 5.74) is 1.31. The van der Waals surface area contributed by atoms with E-state index in [2.05, 4.69) is 15.7 Å². The lowest BCUT2D eigenvalue weighted by Crippen LogP contribution is -2.36. The summed E-state index contributed by atoms with van der Waals surface area (Å²) in [5.74, 6) is -0.649. The molecular weight excluding hydrogens is 429 g/mol. The van der Waals surface area contributed by atoms with Crippen molar-refractivity contribution in [2.45, 2.75) is 37.6 Å². The normalized spacial score (nSPS) is 19.3. The number of carbonyl (C=O) groups excluding carboxylic acids is 1. The fourth-order valence-electron chi connectivity index (χ4n) is 3.73. The van der Waals surface area contributed by atoms with Crippen LogP contribution in [0.3, 0.4) is 0 Å². The van der Waals surface area contributed by atoms with E-state index in [1.54, 1.807) is 37.3 Å². The third-order valence-corrected chi connectivity index (χ3v) is 5.72. The Morgan fingerprint density at radius 2 is 1.77 bits per heavy atom. The fraction of sp³-hybridized carbons (Fsp3) is 0.273. The number of aromatic nitrogens is 2. The third-order valence-electron chi connectivity index (χ3n) is 5.36. The summed E-state index contributed by atoms with van der Waals surface area (Å²) in [6.07, 6.45) is -4.82. The molecule has 9 heteroatoms. The zero-order chi connectivity index (χ0) is 22.2. The molecular formula is C22H20ClF3N4O. The Balaban J connectivity index is 1.66. The SMILES string of the molecule is C[C@@H](NC(=O)c1nn2c(c1Cl)N[C@@H](c1ccccc1)C[C@@H]2C(F)(F)F)c1ccccc1. The molecule has 0 saturated heterocycles. The maximum atomic E-state index is 13.9. The van der Waals surface area contributed by atoms with E-state index in [-0.39, 0.29) is 29.0 Å². The van der Waals surface area contributed by atoms with Gasteiger partial charge in [0.1, 0.15) is 10.8 Å². The topological polar surface area (TPSA) is 59.0 Å². The number of nitrogens with zero attached hydrogens (tertiary/aromatic N) is 2. The molecule has 2 aromatic carbocycles. The first-order chi connectivity index (χ1) is 14.8. The van der Waals surface area contributed by atoms with Gasteiger partial charge in [-0.3, -0.25) is 4.79 Å². The second-order valence-corrected chi connectivity index (χ2v) is 7.84. The zero-order valence-corrected chi connectivity index (χ0v) is 17.3. The number of benzene rings is 2. The minimum Gasteiger partial charge on any atom is -0.362 e. The summed E-state index contributed by atoms with van der Waals surface area (Å²) < 4.78 is 42.3. The Bertz CT molecular complexity index is 1070. The molecule has 5 nitrogen and oxygen atoms in total. The van der Waals surface area contributed by atoms with Crippen LogP contribution in [-0.2, 0) is 0 Å².